The fourth-order valence-corrected chi connectivity index (χ4v) is 8.91. The minimum Gasteiger partial charge on any atom is -0.505 e. The summed E-state index contributed by atoms with van der Waals surface area (Å²) < 4.78 is 91.7. The summed E-state index contributed by atoms with van der Waals surface area (Å²) in [5, 5.41) is 70.7. The predicted molar refractivity (Wildman–Crippen MR) is 286 cm³/mol. The second-order valence-electron chi connectivity index (χ2n) is 16.6. The van der Waals surface area contributed by atoms with Gasteiger partial charge in [-0.05, 0) is 108 Å². The number of rotatable bonds is 21. The van der Waals surface area contributed by atoms with Gasteiger partial charge < -0.3 is 45.3 Å². The summed E-state index contributed by atoms with van der Waals surface area (Å²) >= 11 is 0. The highest BCUT2D eigenvalue weighted by Crippen LogP contribution is 2.43. The summed E-state index contributed by atoms with van der Waals surface area (Å²) in [6, 6.07) is 32.2. The summed E-state index contributed by atoms with van der Waals surface area (Å²) in [4.78, 5) is -1.18. The molecule has 0 saturated carbocycles. The molecule has 0 aromatic heterocycles. The van der Waals surface area contributed by atoms with Crippen LogP contribution < -0.4 is 30.0 Å². The van der Waals surface area contributed by atoms with E-state index in [1.165, 1.54) is 68.8 Å². The van der Waals surface area contributed by atoms with Gasteiger partial charge in [-0.1, -0.05) is 25.1 Å². The van der Waals surface area contributed by atoms with Crippen molar-refractivity contribution in [3.05, 3.63) is 139 Å². The predicted octanol–water partition coefficient (Wildman–Crippen LogP) is 12.7. The molecule has 23 nitrogen and oxygen atoms in total. The lowest BCUT2D eigenvalue weighted by molar-refractivity contribution is 0.282. The van der Waals surface area contributed by atoms with Gasteiger partial charge >= 0.3 is 0 Å². The average Bonchev–Trinajstić information content (AvgIpc) is 3.43. The van der Waals surface area contributed by atoms with Crippen molar-refractivity contribution in [1.29, 1.82) is 0 Å². The number of hydrogen-bond acceptors (Lipinski definition) is 21. The summed E-state index contributed by atoms with van der Waals surface area (Å²) in [6.45, 7) is 1.31. The van der Waals surface area contributed by atoms with E-state index in [-0.39, 0.29) is 92.5 Å². The van der Waals surface area contributed by atoms with Crippen molar-refractivity contribution >= 4 is 98.7 Å². The lowest BCUT2D eigenvalue weighted by atomic mass is 10.1. The van der Waals surface area contributed by atoms with E-state index in [2.05, 4.69) is 46.2 Å². The first-order valence-electron chi connectivity index (χ1n) is 23.1. The number of anilines is 2. The number of benzene rings is 8. The number of aliphatic hydroxyl groups is 2. The summed E-state index contributed by atoms with van der Waals surface area (Å²) in [5.74, 6) is 1.12. The molecule has 8 aromatic carbocycles. The number of ether oxygens (including phenoxy) is 4. The fourth-order valence-electron chi connectivity index (χ4n) is 7.57. The van der Waals surface area contributed by atoms with E-state index in [9.17, 15) is 41.3 Å². The van der Waals surface area contributed by atoms with Gasteiger partial charge in [0.05, 0.1) is 51.1 Å². The molecule has 0 radical (unpaired) electrons. The van der Waals surface area contributed by atoms with Crippen LogP contribution in [0.15, 0.2) is 178 Å². The Hall–Kier alpha value is -8.98. The van der Waals surface area contributed by atoms with Crippen molar-refractivity contribution in [1.82, 2.24) is 0 Å². The van der Waals surface area contributed by atoms with E-state index in [1.807, 2.05) is 13.0 Å². The second kappa shape index (κ2) is 23.7. The van der Waals surface area contributed by atoms with Gasteiger partial charge in [-0.15, -0.1) is 30.7 Å². The molecule has 0 heterocycles. The van der Waals surface area contributed by atoms with Gasteiger partial charge in [0.25, 0.3) is 20.2 Å². The van der Waals surface area contributed by atoms with E-state index in [0.717, 1.165) is 29.3 Å². The van der Waals surface area contributed by atoms with Crippen LogP contribution >= 0.6 is 0 Å². The molecule has 0 aliphatic rings. The highest BCUT2D eigenvalue weighted by Gasteiger charge is 2.22. The maximum Gasteiger partial charge on any atom is 0.296 e. The third-order valence-electron chi connectivity index (χ3n) is 11.4. The van der Waals surface area contributed by atoms with Crippen molar-refractivity contribution in [3.8, 4) is 28.7 Å². The lowest BCUT2D eigenvalue weighted by Crippen LogP contribution is -2.08. The second-order valence-corrected chi connectivity index (χ2v) is 19.4. The Morgan fingerprint density at radius 3 is 1.74 bits per heavy atom. The number of nitrogens with two attached hydrogens (primary N) is 1. The normalized spacial score (nSPS) is 12.2. The standard InChI is InChI=1S/C52H48N10O13S2/c1-4-18-74-49-23-36(12-17-40(49)56-62-46-24-39-30(22-51(46)77(69,70)71)6-5-7-50(39)76(66,67)68)55-58-42-25-47(72-2)45(20-32(42)27-63)61-59-43-26-48(73-3)44(21-33(43)28-64)60-57-41-16-8-31-19-35(11-15-38(31)52(41)65)54-29-75-37-13-9-34(53)10-14-37/h5-17,19-26,54,63-65H,4,18,27-29,53H2,1-3H3,(H,66,67,68)(H,69,70,71). The highest BCUT2D eigenvalue weighted by molar-refractivity contribution is 7.86. The molecule has 0 unspecified atom stereocenters. The number of aromatic hydroxyl groups is 1. The van der Waals surface area contributed by atoms with Crippen LogP contribution in [0.2, 0.25) is 0 Å². The molecule has 0 aliphatic carbocycles. The summed E-state index contributed by atoms with van der Waals surface area (Å²) in [5.41, 5.74) is 8.66. The topological polar surface area (TPSA) is 343 Å². The third kappa shape index (κ3) is 12.9. The zero-order chi connectivity index (χ0) is 54.9. The van der Waals surface area contributed by atoms with Crippen LogP contribution in [0.4, 0.5) is 56.9 Å². The number of nitrogens with one attached hydrogen (secondary N) is 1. The number of fused-ring (bicyclic) bond motifs is 2. The van der Waals surface area contributed by atoms with Crippen molar-refractivity contribution < 1.29 is 60.2 Å². The smallest absolute Gasteiger partial charge is 0.296 e. The van der Waals surface area contributed by atoms with Crippen LogP contribution in [-0.2, 0) is 33.5 Å². The Morgan fingerprint density at radius 2 is 1.12 bits per heavy atom. The van der Waals surface area contributed by atoms with Gasteiger partial charge in [-0.2, -0.15) is 27.1 Å². The van der Waals surface area contributed by atoms with Crippen molar-refractivity contribution in [3.63, 3.8) is 0 Å². The molecule has 8 rings (SSSR count). The van der Waals surface area contributed by atoms with Crippen LogP contribution in [0.3, 0.4) is 0 Å². The molecule has 0 atom stereocenters. The molecule has 0 saturated heterocycles. The number of aliphatic hydroxyl groups excluding tert-OH is 2. The first kappa shape index (κ1) is 54.3. The average molecular weight is 1090 g/mol. The van der Waals surface area contributed by atoms with E-state index in [4.69, 9.17) is 24.7 Å². The zero-order valence-corrected chi connectivity index (χ0v) is 42.8. The van der Waals surface area contributed by atoms with E-state index >= 15 is 0 Å². The highest BCUT2D eigenvalue weighted by atomic mass is 32.2. The van der Waals surface area contributed by atoms with Crippen molar-refractivity contribution in [2.45, 2.75) is 36.3 Å². The van der Waals surface area contributed by atoms with Crippen molar-refractivity contribution in [2.24, 2.45) is 40.9 Å². The fraction of sp³-hybridized carbons (Fsp3) is 0.154. The summed E-state index contributed by atoms with van der Waals surface area (Å²) in [6.07, 6.45) is 0.582. The molecule has 0 fully saturated rings. The Labute approximate surface area is 440 Å². The Balaban J connectivity index is 1.00. The lowest BCUT2D eigenvalue weighted by Gasteiger charge is -2.11. The maximum absolute atomic E-state index is 12.4. The van der Waals surface area contributed by atoms with E-state index < -0.39 is 48.9 Å². The minimum atomic E-state index is -4.89. The largest absolute Gasteiger partial charge is 0.505 e. The van der Waals surface area contributed by atoms with Crippen molar-refractivity contribution in [2.75, 3.05) is 38.6 Å². The molecule has 0 spiro atoms. The van der Waals surface area contributed by atoms with Crippen LogP contribution in [0.25, 0.3) is 21.5 Å². The number of phenols is 1. The van der Waals surface area contributed by atoms with Crippen LogP contribution in [0, 0.1) is 0 Å². The molecule has 0 aliphatic heterocycles. The Morgan fingerprint density at radius 1 is 0.532 bits per heavy atom. The van der Waals surface area contributed by atoms with Crippen LogP contribution in [-0.4, -0.2) is 68.8 Å². The molecule has 8 aromatic rings. The van der Waals surface area contributed by atoms with Crippen LogP contribution in [0.1, 0.15) is 24.5 Å². The van der Waals surface area contributed by atoms with E-state index in [0.29, 0.717) is 28.8 Å². The minimum absolute atomic E-state index is 0.0721. The molecule has 396 valence electrons. The molecular formula is C52H48N10O13S2. The van der Waals surface area contributed by atoms with Gasteiger partial charge in [-0.25, -0.2) is 0 Å². The zero-order valence-electron chi connectivity index (χ0n) is 41.1. The Bertz CT molecular complexity index is 3880. The first-order chi connectivity index (χ1) is 37.0. The number of methoxy groups -OCH3 is 2. The summed E-state index contributed by atoms with van der Waals surface area (Å²) in [7, 11) is -6.82. The van der Waals surface area contributed by atoms with Gasteiger partial charge in [0.1, 0.15) is 61.2 Å². The van der Waals surface area contributed by atoms with Crippen LogP contribution in [0.5, 0.6) is 28.7 Å². The molecule has 8 N–H and O–H groups in total. The first-order valence-corrected chi connectivity index (χ1v) is 25.9. The molecule has 0 bridgehead atoms. The SMILES string of the molecule is CCCOc1cc(N=Nc2cc(OC)c(N=Nc3cc(OC)c(N=Nc4ccc5cc(NCOc6ccc(N)cc6)ccc5c4O)cc3CO)cc2CO)ccc1N=Nc1cc2c(S(=O)(=O)O)cccc2cc1S(=O)(=O)O. The number of nitrogens with zero attached hydrogens (tertiary/aromatic N) is 8. The third-order valence-corrected chi connectivity index (χ3v) is 13.2. The number of phenolic OH excluding ortho intramolecular Hbond substituents is 1. The Kier molecular flexibility index (Phi) is 16.7. The monoisotopic (exact) mass is 1080 g/mol. The molecule has 77 heavy (non-hydrogen) atoms. The molecule has 25 heteroatoms. The van der Waals surface area contributed by atoms with E-state index in [1.54, 1.807) is 48.5 Å². The molecular weight excluding hydrogens is 1040 g/mol. The van der Waals surface area contributed by atoms with Gasteiger partial charge in [0.2, 0.25) is 0 Å². The van der Waals surface area contributed by atoms with Gasteiger partial charge in [-0.3, -0.25) is 9.11 Å². The number of nitrogen functional groups attached to an aromatic ring is 1. The number of azo groups is 4. The number of hydrogen-bond donors (Lipinski definition) is 7. The maximum atomic E-state index is 12.4. The quantitative estimate of drug-likeness (QED) is 0.0152. The van der Waals surface area contributed by atoms with Gasteiger partial charge in [0, 0.05) is 51.5 Å². The molecule has 0 amide bonds. The van der Waals surface area contributed by atoms with Gasteiger partial charge in [0.15, 0.2) is 12.5 Å².